The van der Waals surface area contributed by atoms with Crippen molar-refractivity contribution in [2.75, 3.05) is 20.1 Å². The van der Waals surface area contributed by atoms with Gasteiger partial charge in [-0.3, -0.25) is 4.79 Å². The standard InChI is InChI=1S/C14H15F3N2O3/c1-18-13(21)22-11-3-2-9-4-6-19(7-5-10(9)8-11)12(20)14(15,16)17/h2-3,8H,4-7H2,1H3,(H,18,21). The molecule has 0 radical (unpaired) electrons. The highest BCUT2D eigenvalue weighted by molar-refractivity contribution is 5.82. The highest BCUT2D eigenvalue weighted by Gasteiger charge is 2.42. The van der Waals surface area contributed by atoms with Crippen molar-refractivity contribution in [3.63, 3.8) is 0 Å². The minimum absolute atomic E-state index is 0.0149. The highest BCUT2D eigenvalue weighted by Crippen LogP contribution is 2.24. The molecule has 0 fully saturated rings. The van der Waals surface area contributed by atoms with Crippen LogP contribution in [0.3, 0.4) is 0 Å². The number of hydrogen-bond donors (Lipinski definition) is 1. The van der Waals surface area contributed by atoms with E-state index in [-0.39, 0.29) is 19.5 Å². The average molecular weight is 316 g/mol. The summed E-state index contributed by atoms with van der Waals surface area (Å²) >= 11 is 0. The highest BCUT2D eigenvalue weighted by atomic mass is 19.4. The maximum atomic E-state index is 12.5. The van der Waals surface area contributed by atoms with Crippen LogP contribution in [0.4, 0.5) is 18.0 Å². The lowest BCUT2D eigenvalue weighted by molar-refractivity contribution is -0.185. The maximum absolute atomic E-state index is 12.5. The molecule has 2 rings (SSSR count). The van der Waals surface area contributed by atoms with Gasteiger partial charge in [-0.2, -0.15) is 13.2 Å². The lowest BCUT2D eigenvalue weighted by atomic mass is 10.0. The zero-order valence-corrected chi connectivity index (χ0v) is 11.9. The smallest absolute Gasteiger partial charge is 0.410 e. The molecule has 8 heteroatoms. The Morgan fingerprint density at radius 1 is 1.18 bits per heavy atom. The fourth-order valence-electron chi connectivity index (χ4n) is 2.31. The van der Waals surface area contributed by atoms with Crippen molar-refractivity contribution in [2.24, 2.45) is 0 Å². The molecule has 22 heavy (non-hydrogen) atoms. The topological polar surface area (TPSA) is 58.6 Å². The van der Waals surface area contributed by atoms with E-state index >= 15 is 0 Å². The van der Waals surface area contributed by atoms with Gasteiger partial charge in [0.2, 0.25) is 0 Å². The molecular formula is C14H15F3N2O3. The summed E-state index contributed by atoms with van der Waals surface area (Å²) in [5, 5.41) is 2.31. The molecule has 1 heterocycles. The van der Waals surface area contributed by atoms with E-state index < -0.39 is 18.2 Å². The number of rotatable bonds is 1. The van der Waals surface area contributed by atoms with Crippen LogP contribution >= 0.6 is 0 Å². The molecule has 2 amide bonds. The first kappa shape index (κ1) is 16.1. The van der Waals surface area contributed by atoms with Crippen molar-refractivity contribution in [2.45, 2.75) is 19.0 Å². The quantitative estimate of drug-likeness (QED) is 0.861. The molecule has 0 spiro atoms. The van der Waals surface area contributed by atoms with E-state index in [1.165, 1.54) is 7.05 Å². The second-order valence-electron chi connectivity index (χ2n) is 4.86. The van der Waals surface area contributed by atoms with Crippen LogP contribution in [0.25, 0.3) is 0 Å². The summed E-state index contributed by atoms with van der Waals surface area (Å²) in [5.74, 6) is -1.50. The van der Waals surface area contributed by atoms with Crippen molar-refractivity contribution >= 4 is 12.0 Å². The van der Waals surface area contributed by atoms with Crippen LogP contribution in [0.5, 0.6) is 5.75 Å². The lowest BCUT2D eigenvalue weighted by Crippen LogP contribution is -2.42. The SMILES string of the molecule is CNC(=O)Oc1ccc2c(c1)CCN(C(=O)C(F)(F)F)CC2. The Balaban J connectivity index is 2.12. The van der Waals surface area contributed by atoms with Crippen molar-refractivity contribution in [1.82, 2.24) is 10.2 Å². The van der Waals surface area contributed by atoms with Crippen LogP contribution in [-0.4, -0.2) is 43.2 Å². The fraction of sp³-hybridized carbons (Fsp3) is 0.429. The van der Waals surface area contributed by atoms with Gasteiger partial charge in [-0.1, -0.05) is 6.07 Å². The molecule has 1 aliphatic rings. The van der Waals surface area contributed by atoms with E-state index in [0.29, 0.717) is 12.2 Å². The minimum atomic E-state index is -4.86. The summed E-state index contributed by atoms with van der Waals surface area (Å²) in [6.07, 6.45) is -4.87. The normalized spacial score (nSPS) is 14.8. The van der Waals surface area contributed by atoms with E-state index in [2.05, 4.69) is 5.32 Å². The summed E-state index contributed by atoms with van der Waals surface area (Å²) in [5.41, 5.74) is 1.63. The molecule has 1 aromatic rings. The monoisotopic (exact) mass is 316 g/mol. The first-order chi connectivity index (χ1) is 10.3. The summed E-state index contributed by atoms with van der Waals surface area (Å²) in [6.45, 7) is -0.00420. The van der Waals surface area contributed by atoms with Crippen LogP contribution in [0, 0.1) is 0 Å². The van der Waals surface area contributed by atoms with Crippen LogP contribution < -0.4 is 10.1 Å². The number of hydrogen-bond acceptors (Lipinski definition) is 3. The molecule has 1 aromatic carbocycles. The van der Waals surface area contributed by atoms with Gasteiger partial charge in [-0.05, 0) is 36.1 Å². The van der Waals surface area contributed by atoms with E-state index in [1.54, 1.807) is 18.2 Å². The summed E-state index contributed by atoms with van der Waals surface area (Å²) < 4.78 is 42.4. The van der Waals surface area contributed by atoms with E-state index in [4.69, 9.17) is 4.74 Å². The molecule has 120 valence electrons. The van der Waals surface area contributed by atoms with Gasteiger partial charge in [0.05, 0.1) is 0 Å². The van der Waals surface area contributed by atoms with Crippen LogP contribution in [0.2, 0.25) is 0 Å². The molecule has 0 saturated carbocycles. The molecule has 0 atom stereocenters. The molecule has 0 bridgehead atoms. The van der Waals surface area contributed by atoms with Gasteiger partial charge in [0.15, 0.2) is 0 Å². The number of halogens is 3. The predicted octanol–water partition coefficient (Wildman–Crippen LogP) is 1.89. The fourth-order valence-corrected chi connectivity index (χ4v) is 2.31. The Morgan fingerprint density at radius 2 is 1.82 bits per heavy atom. The zero-order chi connectivity index (χ0) is 16.3. The van der Waals surface area contributed by atoms with Crippen LogP contribution in [-0.2, 0) is 17.6 Å². The molecule has 0 unspecified atom stereocenters. The lowest BCUT2D eigenvalue weighted by Gasteiger charge is -2.21. The number of alkyl halides is 3. The molecule has 0 aromatic heterocycles. The number of nitrogens with one attached hydrogen (secondary N) is 1. The Hall–Kier alpha value is -2.25. The first-order valence-electron chi connectivity index (χ1n) is 6.68. The van der Waals surface area contributed by atoms with Gasteiger partial charge < -0.3 is 15.0 Å². The van der Waals surface area contributed by atoms with Crippen molar-refractivity contribution in [3.05, 3.63) is 29.3 Å². The van der Waals surface area contributed by atoms with E-state index in [1.807, 2.05) is 0 Å². The van der Waals surface area contributed by atoms with Gasteiger partial charge in [0, 0.05) is 20.1 Å². The van der Waals surface area contributed by atoms with Crippen molar-refractivity contribution in [3.8, 4) is 5.75 Å². The Labute approximate surface area is 125 Å². The Kier molecular flexibility index (Phi) is 4.58. The van der Waals surface area contributed by atoms with Gasteiger partial charge in [0.25, 0.3) is 0 Å². The number of fused-ring (bicyclic) bond motifs is 1. The van der Waals surface area contributed by atoms with Crippen LogP contribution in [0.15, 0.2) is 18.2 Å². The number of nitrogens with zero attached hydrogens (tertiary/aromatic N) is 1. The van der Waals surface area contributed by atoms with Gasteiger partial charge in [-0.15, -0.1) is 0 Å². The van der Waals surface area contributed by atoms with E-state index in [0.717, 1.165) is 16.0 Å². The van der Waals surface area contributed by atoms with Crippen LogP contribution in [0.1, 0.15) is 11.1 Å². The van der Waals surface area contributed by atoms with Gasteiger partial charge in [-0.25, -0.2) is 4.79 Å². The van der Waals surface area contributed by atoms with E-state index in [9.17, 15) is 22.8 Å². The number of carbonyl (C=O) groups excluding carboxylic acids is 2. The third-order valence-electron chi connectivity index (χ3n) is 3.42. The largest absolute Gasteiger partial charge is 0.471 e. The summed E-state index contributed by atoms with van der Waals surface area (Å²) in [6, 6.07) is 4.90. The first-order valence-corrected chi connectivity index (χ1v) is 6.68. The second kappa shape index (κ2) is 6.25. The molecule has 1 N–H and O–H groups in total. The minimum Gasteiger partial charge on any atom is -0.410 e. The van der Waals surface area contributed by atoms with Gasteiger partial charge >= 0.3 is 18.2 Å². The Morgan fingerprint density at radius 3 is 2.41 bits per heavy atom. The van der Waals surface area contributed by atoms with Crippen molar-refractivity contribution < 1.29 is 27.5 Å². The maximum Gasteiger partial charge on any atom is 0.471 e. The molecule has 1 aliphatic heterocycles. The molecular weight excluding hydrogens is 301 g/mol. The Bertz CT molecular complexity index is 587. The van der Waals surface area contributed by atoms with Crippen molar-refractivity contribution in [1.29, 1.82) is 0 Å². The number of amides is 2. The number of benzene rings is 1. The average Bonchev–Trinajstić information content (AvgIpc) is 2.67. The third-order valence-corrected chi connectivity index (χ3v) is 3.42. The second-order valence-corrected chi connectivity index (χ2v) is 4.86. The van der Waals surface area contributed by atoms with Gasteiger partial charge in [0.1, 0.15) is 5.75 Å². The predicted molar refractivity (Wildman–Crippen MR) is 71.6 cm³/mol. The number of carbonyl (C=O) groups is 2. The molecule has 5 nitrogen and oxygen atoms in total. The molecule has 0 saturated heterocycles. The molecule has 0 aliphatic carbocycles. The zero-order valence-electron chi connectivity index (χ0n) is 11.9. The third kappa shape index (κ3) is 3.69. The summed E-state index contributed by atoms with van der Waals surface area (Å²) in [4.78, 5) is 23.3. The number of ether oxygens (including phenoxy) is 1. The summed E-state index contributed by atoms with van der Waals surface area (Å²) in [7, 11) is 1.42.